The van der Waals surface area contributed by atoms with Gasteiger partial charge in [-0.1, -0.05) is 36.2 Å². The van der Waals surface area contributed by atoms with E-state index in [1.165, 1.54) is 16.7 Å². The summed E-state index contributed by atoms with van der Waals surface area (Å²) >= 11 is 0. The molecule has 1 unspecified atom stereocenters. The SMILES string of the molecule is CCCNC(CN1CCCCC1=O)c1cc(C)cc(C)c1. The Kier molecular flexibility index (Phi) is 5.80. The Morgan fingerprint density at radius 3 is 2.52 bits per heavy atom. The van der Waals surface area contributed by atoms with Gasteiger partial charge in [-0.2, -0.15) is 0 Å². The van der Waals surface area contributed by atoms with E-state index in [0.29, 0.717) is 12.3 Å². The number of aryl methyl sites for hydroxylation is 2. The minimum absolute atomic E-state index is 0.241. The lowest BCUT2D eigenvalue weighted by molar-refractivity contribution is -0.133. The summed E-state index contributed by atoms with van der Waals surface area (Å²) in [6.07, 6.45) is 4.01. The van der Waals surface area contributed by atoms with Crippen molar-refractivity contribution in [2.24, 2.45) is 0 Å². The number of likely N-dealkylation sites (tertiary alicyclic amines) is 1. The fraction of sp³-hybridized carbons (Fsp3) is 0.611. The predicted molar refractivity (Wildman–Crippen MR) is 87.4 cm³/mol. The molecule has 1 atom stereocenters. The van der Waals surface area contributed by atoms with Crippen LogP contribution in [-0.4, -0.2) is 30.4 Å². The number of piperidine rings is 1. The molecule has 3 heteroatoms. The number of rotatable bonds is 6. The van der Waals surface area contributed by atoms with Gasteiger partial charge in [-0.3, -0.25) is 4.79 Å². The van der Waals surface area contributed by atoms with Gasteiger partial charge in [0, 0.05) is 25.6 Å². The number of benzene rings is 1. The highest BCUT2D eigenvalue weighted by Gasteiger charge is 2.22. The van der Waals surface area contributed by atoms with Crippen molar-refractivity contribution in [3.8, 4) is 0 Å². The number of nitrogens with one attached hydrogen (secondary N) is 1. The quantitative estimate of drug-likeness (QED) is 0.870. The molecule has 3 nitrogen and oxygen atoms in total. The first-order chi connectivity index (χ1) is 10.1. The summed E-state index contributed by atoms with van der Waals surface area (Å²) in [6.45, 7) is 9.14. The Bertz CT molecular complexity index is 464. The zero-order valence-electron chi connectivity index (χ0n) is 13.6. The molecule has 1 saturated heterocycles. The molecule has 0 saturated carbocycles. The second-order valence-corrected chi connectivity index (χ2v) is 6.22. The van der Waals surface area contributed by atoms with Crippen LogP contribution in [0.4, 0.5) is 0 Å². The summed E-state index contributed by atoms with van der Waals surface area (Å²) in [5.41, 5.74) is 3.89. The molecular formula is C18H28N2O. The number of hydrogen-bond acceptors (Lipinski definition) is 2. The van der Waals surface area contributed by atoms with Crippen molar-refractivity contribution in [1.29, 1.82) is 0 Å². The first kappa shape index (κ1) is 16.0. The monoisotopic (exact) mass is 288 g/mol. The normalized spacial score (nSPS) is 17.1. The molecule has 1 amide bonds. The molecule has 1 aliphatic heterocycles. The van der Waals surface area contributed by atoms with Gasteiger partial charge in [0.1, 0.15) is 0 Å². The summed E-state index contributed by atoms with van der Waals surface area (Å²) in [4.78, 5) is 14.1. The maximum Gasteiger partial charge on any atom is 0.222 e. The van der Waals surface area contributed by atoms with Gasteiger partial charge in [-0.15, -0.1) is 0 Å². The molecule has 1 aromatic rings. The van der Waals surface area contributed by atoms with E-state index in [1.54, 1.807) is 0 Å². The predicted octanol–water partition coefficient (Wildman–Crippen LogP) is 3.36. The molecule has 1 heterocycles. The van der Waals surface area contributed by atoms with Crippen LogP contribution in [-0.2, 0) is 4.79 Å². The van der Waals surface area contributed by atoms with Crippen LogP contribution in [0.1, 0.15) is 55.3 Å². The van der Waals surface area contributed by atoms with Crippen molar-refractivity contribution >= 4 is 5.91 Å². The average molecular weight is 288 g/mol. The minimum atomic E-state index is 0.241. The first-order valence-electron chi connectivity index (χ1n) is 8.19. The molecular weight excluding hydrogens is 260 g/mol. The summed E-state index contributed by atoms with van der Waals surface area (Å²) < 4.78 is 0. The maximum absolute atomic E-state index is 12.1. The molecule has 2 rings (SSSR count). The molecule has 116 valence electrons. The molecule has 0 aromatic heterocycles. The van der Waals surface area contributed by atoms with Gasteiger partial charge in [0.15, 0.2) is 0 Å². The second kappa shape index (κ2) is 7.60. The van der Waals surface area contributed by atoms with Crippen molar-refractivity contribution in [3.63, 3.8) is 0 Å². The minimum Gasteiger partial charge on any atom is -0.341 e. The molecule has 1 fully saturated rings. The van der Waals surface area contributed by atoms with Gasteiger partial charge in [0.25, 0.3) is 0 Å². The number of carbonyl (C=O) groups excluding carboxylic acids is 1. The molecule has 1 N–H and O–H groups in total. The van der Waals surface area contributed by atoms with E-state index in [1.807, 2.05) is 4.90 Å². The largest absolute Gasteiger partial charge is 0.341 e. The fourth-order valence-electron chi connectivity index (χ4n) is 3.09. The third kappa shape index (κ3) is 4.57. The summed E-state index contributed by atoms with van der Waals surface area (Å²) in [6, 6.07) is 6.93. The third-order valence-electron chi connectivity index (χ3n) is 4.11. The Morgan fingerprint density at radius 2 is 1.90 bits per heavy atom. The Hall–Kier alpha value is -1.35. The van der Waals surface area contributed by atoms with Crippen molar-refractivity contribution < 1.29 is 4.79 Å². The van der Waals surface area contributed by atoms with Crippen LogP contribution in [0.2, 0.25) is 0 Å². The van der Waals surface area contributed by atoms with Gasteiger partial charge in [-0.25, -0.2) is 0 Å². The van der Waals surface area contributed by atoms with Gasteiger partial charge in [0.05, 0.1) is 0 Å². The van der Waals surface area contributed by atoms with Crippen molar-refractivity contribution in [2.75, 3.05) is 19.6 Å². The lowest BCUT2D eigenvalue weighted by atomic mass is 9.99. The first-order valence-corrected chi connectivity index (χ1v) is 8.19. The van der Waals surface area contributed by atoms with Crippen molar-refractivity contribution in [2.45, 2.75) is 52.5 Å². The Balaban J connectivity index is 2.14. The fourth-order valence-corrected chi connectivity index (χ4v) is 3.09. The third-order valence-corrected chi connectivity index (χ3v) is 4.11. The van der Waals surface area contributed by atoms with E-state index in [9.17, 15) is 4.79 Å². The van der Waals surface area contributed by atoms with E-state index in [2.05, 4.69) is 44.3 Å². The highest BCUT2D eigenvalue weighted by molar-refractivity contribution is 5.76. The van der Waals surface area contributed by atoms with Crippen LogP contribution >= 0.6 is 0 Å². The topological polar surface area (TPSA) is 32.3 Å². The average Bonchev–Trinajstić information content (AvgIpc) is 2.44. The van der Waals surface area contributed by atoms with Crippen LogP contribution in [0.15, 0.2) is 18.2 Å². The van der Waals surface area contributed by atoms with Gasteiger partial charge in [0.2, 0.25) is 5.91 Å². The Labute approximate surface area is 128 Å². The van der Waals surface area contributed by atoms with Crippen molar-refractivity contribution in [1.82, 2.24) is 10.2 Å². The molecule has 0 spiro atoms. The molecule has 21 heavy (non-hydrogen) atoms. The molecule has 0 aliphatic carbocycles. The number of carbonyl (C=O) groups is 1. The van der Waals surface area contributed by atoms with Crippen LogP contribution in [0, 0.1) is 13.8 Å². The summed E-state index contributed by atoms with van der Waals surface area (Å²) in [7, 11) is 0. The zero-order chi connectivity index (χ0) is 15.2. The van der Waals surface area contributed by atoms with E-state index in [4.69, 9.17) is 0 Å². The standard InChI is InChI=1S/C18H28N2O/c1-4-8-19-17(13-20-9-6-5-7-18(20)21)16-11-14(2)10-15(3)12-16/h10-12,17,19H,4-9,13H2,1-3H3. The highest BCUT2D eigenvalue weighted by Crippen LogP contribution is 2.21. The zero-order valence-corrected chi connectivity index (χ0v) is 13.6. The van der Waals surface area contributed by atoms with Gasteiger partial charge in [-0.05, 0) is 45.2 Å². The molecule has 1 aliphatic rings. The lowest BCUT2D eigenvalue weighted by Crippen LogP contribution is -2.41. The van der Waals surface area contributed by atoms with Gasteiger partial charge >= 0.3 is 0 Å². The summed E-state index contributed by atoms with van der Waals surface area (Å²) in [5, 5.41) is 3.61. The number of amides is 1. The van der Waals surface area contributed by atoms with Crippen LogP contribution in [0.5, 0.6) is 0 Å². The highest BCUT2D eigenvalue weighted by atomic mass is 16.2. The second-order valence-electron chi connectivity index (χ2n) is 6.22. The smallest absolute Gasteiger partial charge is 0.222 e. The van der Waals surface area contributed by atoms with E-state index in [0.717, 1.165) is 38.9 Å². The lowest BCUT2D eigenvalue weighted by Gasteiger charge is -2.31. The summed E-state index contributed by atoms with van der Waals surface area (Å²) in [5.74, 6) is 0.314. The number of hydrogen-bond donors (Lipinski definition) is 1. The van der Waals surface area contributed by atoms with E-state index >= 15 is 0 Å². The van der Waals surface area contributed by atoms with Crippen molar-refractivity contribution in [3.05, 3.63) is 34.9 Å². The molecule has 1 aromatic carbocycles. The van der Waals surface area contributed by atoms with Crippen LogP contribution < -0.4 is 5.32 Å². The van der Waals surface area contributed by atoms with E-state index < -0.39 is 0 Å². The van der Waals surface area contributed by atoms with Crippen LogP contribution in [0.25, 0.3) is 0 Å². The van der Waals surface area contributed by atoms with E-state index in [-0.39, 0.29) is 6.04 Å². The molecule has 0 bridgehead atoms. The van der Waals surface area contributed by atoms with Gasteiger partial charge < -0.3 is 10.2 Å². The Morgan fingerprint density at radius 1 is 1.19 bits per heavy atom. The number of nitrogens with zero attached hydrogens (tertiary/aromatic N) is 1. The van der Waals surface area contributed by atoms with Crippen LogP contribution in [0.3, 0.4) is 0 Å². The molecule has 0 radical (unpaired) electrons. The maximum atomic E-state index is 12.1.